The molecule has 1 fully saturated rings. The van der Waals surface area contributed by atoms with Crippen molar-refractivity contribution in [2.24, 2.45) is 0 Å². The Morgan fingerprint density at radius 3 is 2.38 bits per heavy atom. The van der Waals surface area contributed by atoms with E-state index in [9.17, 15) is 8.42 Å². The minimum atomic E-state index is -3.70. The molecule has 0 atom stereocenters. The minimum absolute atomic E-state index is 0.127. The molecule has 1 saturated heterocycles. The van der Waals surface area contributed by atoms with Gasteiger partial charge in [0.25, 0.3) is 0 Å². The van der Waals surface area contributed by atoms with Gasteiger partial charge in [0.05, 0.1) is 19.9 Å². The Kier molecular flexibility index (Phi) is 6.68. The van der Waals surface area contributed by atoms with Gasteiger partial charge in [0, 0.05) is 44.0 Å². The third-order valence-electron chi connectivity index (χ3n) is 5.54. The molecule has 0 spiro atoms. The summed E-state index contributed by atoms with van der Waals surface area (Å²) in [6.45, 7) is 4.02. The van der Waals surface area contributed by atoms with Gasteiger partial charge in [-0.2, -0.15) is 4.31 Å². The summed E-state index contributed by atoms with van der Waals surface area (Å²) in [6, 6.07) is 13.3. The van der Waals surface area contributed by atoms with Gasteiger partial charge in [0.1, 0.15) is 16.4 Å². The number of hydrogen-bond acceptors (Lipinski definition) is 7. The van der Waals surface area contributed by atoms with E-state index in [2.05, 4.69) is 41.5 Å². The number of hydrogen-bond donors (Lipinski definition) is 0. The van der Waals surface area contributed by atoms with Crippen molar-refractivity contribution in [3.05, 3.63) is 64.7 Å². The van der Waals surface area contributed by atoms with Crippen LogP contribution in [0.25, 0.3) is 0 Å². The molecule has 0 unspecified atom stereocenters. The van der Waals surface area contributed by atoms with Gasteiger partial charge in [0.15, 0.2) is 5.13 Å². The standard InChI is InChI=1S/C23H27N3O4S2/c1-17-4-6-18(7-5-17)14-19-16-31-23(24-19)25-10-12-26(13-11-25)32(27,28)22-15-20(29-2)8-9-21(22)30-3/h4-9,15-16H,10-14H2,1-3H3. The van der Waals surface area contributed by atoms with Crippen LogP contribution in [-0.2, 0) is 16.4 Å². The van der Waals surface area contributed by atoms with Crippen LogP contribution < -0.4 is 14.4 Å². The number of methoxy groups -OCH3 is 2. The zero-order chi connectivity index (χ0) is 22.7. The molecule has 1 aliphatic rings. The van der Waals surface area contributed by atoms with Crippen molar-refractivity contribution >= 4 is 26.5 Å². The molecule has 32 heavy (non-hydrogen) atoms. The molecular weight excluding hydrogens is 446 g/mol. The number of ether oxygens (including phenoxy) is 2. The van der Waals surface area contributed by atoms with Crippen LogP contribution in [0.4, 0.5) is 5.13 Å². The van der Waals surface area contributed by atoms with Crippen LogP contribution in [0.5, 0.6) is 11.5 Å². The lowest BCUT2D eigenvalue weighted by molar-refractivity contribution is 0.370. The van der Waals surface area contributed by atoms with Gasteiger partial charge in [-0.1, -0.05) is 29.8 Å². The number of sulfonamides is 1. The van der Waals surface area contributed by atoms with E-state index in [-0.39, 0.29) is 4.90 Å². The van der Waals surface area contributed by atoms with Gasteiger partial charge in [-0.15, -0.1) is 11.3 Å². The zero-order valence-electron chi connectivity index (χ0n) is 18.4. The largest absolute Gasteiger partial charge is 0.497 e. The third-order valence-corrected chi connectivity index (χ3v) is 8.41. The fraction of sp³-hybridized carbons (Fsp3) is 0.348. The van der Waals surface area contributed by atoms with Gasteiger partial charge in [-0.3, -0.25) is 0 Å². The van der Waals surface area contributed by atoms with Gasteiger partial charge in [0.2, 0.25) is 10.0 Å². The lowest BCUT2D eigenvalue weighted by Crippen LogP contribution is -2.48. The maximum atomic E-state index is 13.3. The summed E-state index contributed by atoms with van der Waals surface area (Å²) >= 11 is 1.60. The number of rotatable bonds is 7. The lowest BCUT2D eigenvalue weighted by atomic mass is 10.1. The summed E-state index contributed by atoms with van der Waals surface area (Å²) in [6.07, 6.45) is 0.792. The lowest BCUT2D eigenvalue weighted by Gasteiger charge is -2.34. The monoisotopic (exact) mass is 473 g/mol. The van der Waals surface area contributed by atoms with E-state index >= 15 is 0 Å². The van der Waals surface area contributed by atoms with Crippen molar-refractivity contribution in [2.45, 2.75) is 18.2 Å². The Bertz CT molecular complexity index is 1170. The second kappa shape index (κ2) is 9.48. The van der Waals surface area contributed by atoms with Gasteiger partial charge < -0.3 is 14.4 Å². The molecular formula is C23H27N3O4S2. The highest BCUT2D eigenvalue weighted by atomic mass is 32.2. The van der Waals surface area contributed by atoms with Crippen LogP contribution in [0.15, 0.2) is 52.7 Å². The molecule has 2 aromatic carbocycles. The Balaban J connectivity index is 1.43. The zero-order valence-corrected chi connectivity index (χ0v) is 20.1. The average Bonchev–Trinajstić information content (AvgIpc) is 3.28. The maximum Gasteiger partial charge on any atom is 0.247 e. The van der Waals surface area contributed by atoms with Crippen molar-refractivity contribution in [3.8, 4) is 11.5 Å². The van der Waals surface area contributed by atoms with Crippen molar-refractivity contribution in [2.75, 3.05) is 45.3 Å². The van der Waals surface area contributed by atoms with E-state index in [1.54, 1.807) is 23.5 Å². The van der Waals surface area contributed by atoms with Crippen LogP contribution >= 0.6 is 11.3 Å². The highest BCUT2D eigenvalue weighted by molar-refractivity contribution is 7.89. The van der Waals surface area contributed by atoms with E-state index < -0.39 is 10.0 Å². The number of thiazole rings is 1. The number of aryl methyl sites for hydroxylation is 1. The number of nitrogens with zero attached hydrogens (tertiary/aromatic N) is 3. The smallest absolute Gasteiger partial charge is 0.247 e. The summed E-state index contributed by atoms with van der Waals surface area (Å²) < 4.78 is 38.5. The Hall–Kier alpha value is -2.62. The third kappa shape index (κ3) is 4.74. The highest BCUT2D eigenvalue weighted by Gasteiger charge is 2.32. The van der Waals surface area contributed by atoms with Crippen LogP contribution in [-0.4, -0.2) is 58.1 Å². The molecule has 0 saturated carbocycles. The first-order valence-electron chi connectivity index (χ1n) is 10.4. The average molecular weight is 474 g/mol. The summed E-state index contributed by atoms with van der Waals surface area (Å²) in [5.41, 5.74) is 3.51. The number of anilines is 1. The molecule has 4 rings (SSSR count). The number of benzene rings is 2. The quantitative estimate of drug-likeness (QED) is 0.522. The Labute approximate surface area is 193 Å². The summed E-state index contributed by atoms with van der Waals surface area (Å²) in [7, 11) is -0.718. The van der Waals surface area contributed by atoms with Crippen molar-refractivity contribution in [3.63, 3.8) is 0 Å². The van der Waals surface area contributed by atoms with Gasteiger partial charge in [-0.05, 0) is 24.6 Å². The molecule has 1 aliphatic heterocycles. The van der Waals surface area contributed by atoms with Crippen molar-refractivity contribution < 1.29 is 17.9 Å². The highest BCUT2D eigenvalue weighted by Crippen LogP contribution is 2.32. The van der Waals surface area contributed by atoms with Crippen molar-refractivity contribution in [1.82, 2.24) is 9.29 Å². The SMILES string of the molecule is COc1ccc(OC)c(S(=O)(=O)N2CCN(c3nc(Cc4ccc(C)cc4)cs3)CC2)c1. The molecule has 9 heteroatoms. The van der Waals surface area contributed by atoms with E-state index in [0.717, 1.165) is 17.2 Å². The van der Waals surface area contributed by atoms with E-state index in [0.29, 0.717) is 37.7 Å². The molecule has 0 radical (unpaired) electrons. The fourth-order valence-electron chi connectivity index (χ4n) is 3.68. The molecule has 7 nitrogen and oxygen atoms in total. The Morgan fingerprint density at radius 2 is 1.72 bits per heavy atom. The van der Waals surface area contributed by atoms with Crippen LogP contribution in [0.3, 0.4) is 0 Å². The predicted molar refractivity (Wildman–Crippen MR) is 127 cm³/mol. The van der Waals surface area contributed by atoms with E-state index in [1.807, 2.05) is 0 Å². The second-order valence-electron chi connectivity index (χ2n) is 7.69. The predicted octanol–water partition coefficient (Wildman–Crippen LogP) is 3.57. The van der Waals surface area contributed by atoms with Crippen LogP contribution in [0.1, 0.15) is 16.8 Å². The number of piperazine rings is 1. The first kappa shape index (κ1) is 22.6. The van der Waals surface area contributed by atoms with Crippen LogP contribution in [0.2, 0.25) is 0 Å². The molecule has 0 amide bonds. The minimum Gasteiger partial charge on any atom is -0.497 e. The maximum absolute atomic E-state index is 13.3. The molecule has 3 aromatic rings. The van der Waals surface area contributed by atoms with Crippen molar-refractivity contribution in [1.29, 1.82) is 0 Å². The molecule has 1 aromatic heterocycles. The first-order chi connectivity index (χ1) is 15.4. The summed E-state index contributed by atoms with van der Waals surface area (Å²) in [5.74, 6) is 0.792. The summed E-state index contributed by atoms with van der Waals surface area (Å²) in [4.78, 5) is 7.07. The first-order valence-corrected chi connectivity index (χ1v) is 12.7. The summed E-state index contributed by atoms with van der Waals surface area (Å²) in [5, 5.41) is 3.02. The molecule has 2 heterocycles. The second-order valence-corrected chi connectivity index (χ2v) is 10.4. The Morgan fingerprint density at radius 1 is 1.00 bits per heavy atom. The van der Waals surface area contributed by atoms with E-state index in [1.165, 1.54) is 35.7 Å². The molecule has 0 bridgehead atoms. The van der Waals surface area contributed by atoms with Gasteiger partial charge in [-0.25, -0.2) is 13.4 Å². The van der Waals surface area contributed by atoms with Crippen LogP contribution in [0, 0.1) is 6.92 Å². The van der Waals surface area contributed by atoms with Gasteiger partial charge >= 0.3 is 0 Å². The normalized spacial score (nSPS) is 15.0. The molecule has 0 aliphatic carbocycles. The molecule has 0 N–H and O–H groups in total. The molecule has 170 valence electrons. The van der Waals surface area contributed by atoms with E-state index in [4.69, 9.17) is 14.5 Å². The topological polar surface area (TPSA) is 72.0 Å². The number of aromatic nitrogens is 1. The fourth-order valence-corrected chi connectivity index (χ4v) is 6.15.